The van der Waals surface area contributed by atoms with Gasteiger partial charge in [0.1, 0.15) is 11.5 Å². The van der Waals surface area contributed by atoms with Crippen LogP contribution in [0.2, 0.25) is 5.02 Å². The van der Waals surface area contributed by atoms with Gasteiger partial charge in [0, 0.05) is 37.6 Å². The maximum Gasteiger partial charge on any atom is 0.226 e. The van der Waals surface area contributed by atoms with Crippen LogP contribution in [-0.4, -0.2) is 45.9 Å². The summed E-state index contributed by atoms with van der Waals surface area (Å²) in [6.07, 6.45) is 4.37. The molecule has 8 heteroatoms. The fourth-order valence-corrected chi connectivity index (χ4v) is 4.35. The van der Waals surface area contributed by atoms with E-state index in [-0.39, 0.29) is 34.5 Å². The Balaban J connectivity index is 1.58. The van der Waals surface area contributed by atoms with Crippen molar-refractivity contribution in [3.8, 4) is 22.8 Å². The highest BCUT2D eigenvalue weighted by Crippen LogP contribution is 2.41. The average Bonchev–Trinajstić information content (AvgIpc) is 3.13. The summed E-state index contributed by atoms with van der Waals surface area (Å²) in [5, 5.41) is 24.1. The Hall–Kier alpha value is -2.25. The average molecular weight is 407 g/mol. The van der Waals surface area contributed by atoms with E-state index in [1.165, 1.54) is 12.1 Å². The van der Waals surface area contributed by atoms with E-state index in [1.54, 1.807) is 7.11 Å². The monoisotopic (exact) mass is 406 g/mol. The van der Waals surface area contributed by atoms with Crippen LogP contribution in [0.4, 0.5) is 0 Å². The van der Waals surface area contributed by atoms with Gasteiger partial charge in [-0.1, -0.05) is 23.2 Å². The van der Waals surface area contributed by atoms with Crippen molar-refractivity contribution >= 4 is 17.5 Å². The molecule has 7 nitrogen and oxygen atoms in total. The third-order valence-corrected chi connectivity index (χ3v) is 6.07. The third-order valence-electron chi connectivity index (χ3n) is 5.77. The summed E-state index contributed by atoms with van der Waals surface area (Å²) in [6.45, 7) is 0.966. The van der Waals surface area contributed by atoms with Crippen LogP contribution >= 0.6 is 11.6 Å². The van der Waals surface area contributed by atoms with Crippen molar-refractivity contribution in [1.82, 2.24) is 10.1 Å². The molecule has 28 heavy (non-hydrogen) atoms. The SMILES string of the molecule is COC1CCCC(C(=O)N2CCc3noc(-c4cc(Cl)c(O)cc4O)c3C2)C1. The lowest BCUT2D eigenvalue weighted by Crippen LogP contribution is -2.42. The topological polar surface area (TPSA) is 96.0 Å². The van der Waals surface area contributed by atoms with Gasteiger partial charge in [0.25, 0.3) is 0 Å². The van der Waals surface area contributed by atoms with Gasteiger partial charge in [0.2, 0.25) is 5.91 Å². The molecule has 1 aliphatic carbocycles. The summed E-state index contributed by atoms with van der Waals surface area (Å²) in [5.74, 6) is 0.121. The summed E-state index contributed by atoms with van der Waals surface area (Å²) in [5.41, 5.74) is 1.90. The number of carbonyl (C=O) groups is 1. The standard InChI is InChI=1S/C20H23ClN2O5/c1-27-12-4-2-3-11(7-12)20(26)23-6-5-16-14(10-23)19(28-22-16)13-8-15(21)18(25)9-17(13)24/h8-9,11-12,24-25H,2-7,10H2,1H3. The number of aromatic hydroxyl groups is 2. The van der Waals surface area contributed by atoms with Gasteiger partial charge in [-0.15, -0.1) is 0 Å². The lowest BCUT2D eigenvalue weighted by atomic mass is 9.85. The van der Waals surface area contributed by atoms with Crippen molar-refractivity contribution in [2.75, 3.05) is 13.7 Å². The van der Waals surface area contributed by atoms with Crippen LogP contribution in [0.5, 0.6) is 11.5 Å². The number of ether oxygens (including phenoxy) is 1. The maximum absolute atomic E-state index is 13.1. The van der Waals surface area contributed by atoms with Gasteiger partial charge in [-0.2, -0.15) is 0 Å². The van der Waals surface area contributed by atoms with Crippen molar-refractivity contribution in [3.63, 3.8) is 0 Å². The predicted molar refractivity (Wildman–Crippen MR) is 102 cm³/mol. The van der Waals surface area contributed by atoms with E-state index in [4.69, 9.17) is 20.9 Å². The molecule has 1 amide bonds. The zero-order valence-electron chi connectivity index (χ0n) is 15.7. The van der Waals surface area contributed by atoms with Crippen LogP contribution in [0.25, 0.3) is 11.3 Å². The number of hydrogen-bond donors (Lipinski definition) is 2. The van der Waals surface area contributed by atoms with Crippen LogP contribution in [0, 0.1) is 5.92 Å². The molecule has 1 saturated carbocycles. The number of nitrogens with zero attached hydrogens (tertiary/aromatic N) is 2. The Morgan fingerprint density at radius 1 is 1.32 bits per heavy atom. The molecule has 0 radical (unpaired) electrons. The summed E-state index contributed by atoms with van der Waals surface area (Å²) >= 11 is 5.99. The smallest absolute Gasteiger partial charge is 0.226 e. The number of phenols is 2. The van der Waals surface area contributed by atoms with Gasteiger partial charge < -0.3 is 24.4 Å². The zero-order chi connectivity index (χ0) is 19.8. The molecule has 0 bridgehead atoms. The lowest BCUT2D eigenvalue weighted by molar-refractivity contribution is -0.139. The van der Waals surface area contributed by atoms with E-state index < -0.39 is 0 Å². The van der Waals surface area contributed by atoms with Crippen molar-refractivity contribution in [1.29, 1.82) is 0 Å². The molecule has 1 aliphatic heterocycles. The van der Waals surface area contributed by atoms with Gasteiger partial charge in [0.15, 0.2) is 5.76 Å². The van der Waals surface area contributed by atoms with Crippen molar-refractivity contribution in [2.45, 2.75) is 44.8 Å². The first-order chi connectivity index (χ1) is 13.5. The number of amides is 1. The van der Waals surface area contributed by atoms with E-state index in [0.29, 0.717) is 30.8 Å². The quantitative estimate of drug-likeness (QED) is 0.809. The Morgan fingerprint density at radius 3 is 2.93 bits per heavy atom. The first-order valence-corrected chi connectivity index (χ1v) is 9.86. The minimum absolute atomic E-state index is 0.0277. The molecule has 0 saturated heterocycles. The highest BCUT2D eigenvalue weighted by Gasteiger charge is 2.34. The second kappa shape index (κ2) is 7.64. The molecule has 2 unspecified atom stereocenters. The maximum atomic E-state index is 13.1. The first kappa shape index (κ1) is 19.1. The van der Waals surface area contributed by atoms with Crippen molar-refractivity contribution in [2.24, 2.45) is 5.92 Å². The minimum Gasteiger partial charge on any atom is -0.507 e. The molecular weight excluding hydrogens is 384 g/mol. The fraction of sp³-hybridized carbons (Fsp3) is 0.500. The van der Waals surface area contributed by atoms with Crippen LogP contribution in [0.15, 0.2) is 16.7 Å². The van der Waals surface area contributed by atoms with E-state index in [1.807, 2.05) is 4.90 Å². The molecule has 1 aromatic carbocycles. The number of fused-ring (bicyclic) bond motifs is 1. The molecule has 1 aromatic heterocycles. The molecule has 2 aliphatic rings. The molecular formula is C20H23ClN2O5. The van der Waals surface area contributed by atoms with E-state index in [2.05, 4.69) is 5.16 Å². The number of hydrogen-bond acceptors (Lipinski definition) is 6. The van der Waals surface area contributed by atoms with Crippen molar-refractivity contribution < 1.29 is 24.3 Å². The number of phenolic OH excluding ortho intramolecular Hbond substituents is 2. The molecule has 2 N–H and O–H groups in total. The van der Waals surface area contributed by atoms with Crippen LogP contribution < -0.4 is 0 Å². The van der Waals surface area contributed by atoms with E-state index in [9.17, 15) is 15.0 Å². The van der Waals surface area contributed by atoms with Crippen LogP contribution in [0.1, 0.15) is 36.9 Å². The number of rotatable bonds is 3. The highest BCUT2D eigenvalue weighted by molar-refractivity contribution is 6.32. The highest BCUT2D eigenvalue weighted by atomic mass is 35.5. The number of halogens is 1. The second-order valence-corrected chi connectivity index (χ2v) is 7.90. The second-order valence-electron chi connectivity index (χ2n) is 7.49. The number of methoxy groups -OCH3 is 1. The lowest BCUT2D eigenvalue weighted by Gasteiger charge is -2.33. The number of aromatic nitrogens is 1. The van der Waals surface area contributed by atoms with Gasteiger partial charge in [-0.05, 0) is 25.3 Å². The van der Waals surface area contributed by atoms with Gasteiger partial charge in [0.05, 0.1) is 28.9 Å². The number of carbonyl (C=O) groups excluding carboxylic acids is 1. The predicted octanol–water partition coefficient (Wildman–Crippen LogP) is 3.50. The summed E-state index contributed by atoms with van der Waals surface area (Å²) in [7, 11) is 1.70. The molecule has 1 fully saturated rings. The summed E-state index contributed by atoms with van der Waals surface area (Å²) < 4.78 is 10.9. The molecule has 2 atom stereocenters. The summed E-state index contributed by atoms with van der Waals surface area (Å²) in [6, 6.07) is 2.61. The van der Waals surface area contributed by atoms with Gasteiger partial charge in [-0.3, -0.25) is 4.79 Å². The molecule has 2 aromatic rings. The van der Waals surface area contributed by atoms with Gasteiger partial charge in [-0.25, -0.2) is 0 Å². The fourth-order valence-electron chi connectivity index (χ4n) is 4.19. The van der Waals surface area contributed by atoms with Crippen molar-refractivity contribution in [3.05, 3.63) is 28.4 Å². The zero-order valence-corrected chi connectivity index (χ0v) is 16.4. The Kier molecular flexibility index (Phi) is 5.21. The Morgan fingerprint density at radius 2 is 2.14 bits per heavy atom. The van der Waals surface area contributed by atoms with Crippen LogP contribution in [-0.2, 0) is 22.5 Å². The van der Waals surface area contributed by atoms with Gasteiger partial charge >= 0.3 is 0 Å². The van der Waals surface area contributed by atoms with Crippen LogP contribution in [0.3, 0.4) is 0 Å². The molecule has 2 heterocycles. The Bertz CT molecular complexity index is 897. The Labute approximate surface area is 167 Å². The largest absolute Gasteiger partial charge is 0.507 e. The number of benzene rings is 1. The first-order valence-electron chi connectivity index (χ1n) is 9.48. The van der Waals surface area contributed by atoms with E-state index in [0.717, 1.165) is 36.9 Å². The third kappa shape index (κ3) is 3.44. The minimum atomic E-state index is -0.210. The molecule has 4 rings (SSSR count). The summed E-state index contributed by atoms with van der Waals surface area (Å²) in [4.78, 5) is 14.9. The molecule has 0 spiro atoms. The normalized spacial score (nSPS) is 22.1. The van der Waals surface area contributed by atoms with E-state index >= 15 is 0 Å². The molecule has 150 valence electrons.